The largest absolute Gasteiger partial charge is 0.491 e. The van der Waals surface area contributed by atoms with Crippen molar-refractivity contribution in [3.63, 3.8) is 0 Å². The highest BCUT2D eigenvalue weighted by atomic mass is 16.5. The number of carbonyl (C=O) groups is 3. The second-order valence-corrected chi connectivity index (χ2v) is 6.52. The Morgan fingerprint density at radius 3 is 2.57 bits per heavy atom. The van der Waals surface area contributed by atoms with Crippen LogP contribution in [0.5, 0.6) is 5.75 Å². The molecule has 28 heavy (non-hydrogen) atoms. The summed E-state index contributed by atoms with van der Waals surface area (Å²) in [4.78, 5) is 38.0. The van der Waals surface area contributed by atoms with Crippen LogP contribution in [0.4, 0.5) is 11.4 Å². The quantitative estimate of drug-likeness (QED) is 0.804. The summed E-state index contributed by atoms with van der Waals surface area (Å²) in [5, 5.41) is 2.76. The van der Waals surface area contributed by atoms with Crippen LogP contribution in [-0.2, 0) is 19.1 Å². The van der Waals surface area contributed by atoms with Gasteiger partial charge in [0.1, 0.15) is 12.3 Å². The summed E-state index contributed by atoms with van der Waals surface area (Å²) in [5.41, 5.74) is 3.07. The first kappa shape index (κ1) is 19.4. The third-order valence-corrected chi connectivity index (χ3v) is 4.43. The Bertz CT molecular complexity index is 889. The smallest absolute Gasteiger partial charge is 0.326 e. The van der Waals surface area contributed by atoms with Gasteiger partial charge in [-0.05, 0) is 37.1 Å². The normalized spacial score (nSPS) is 13.2. The minimum absolute atomic E-state index is 0.162. The van der Waals surface area contributed by atoms with Crippen molar-refractivity contribution < 1.29 is 23.9 Å². The van der Waals surface area contributed by atoms with Crippen LogP contribution in [0.1, 0.15) is 17.5 Å². The molecular formula is C21H22N2O5. The molecule has 146 valence electrons. The molecule has 0 spiro atoms. The second kappa shape index (κ2) is 8.56. The Labute approximate surface area is 163 Å². The molecule has 1 heterocycles. The van der Waals surface area contributed by atoms with Crippen molar-refractivity contribution in [1.82, 2.24) is 0 Å². The van der Waals surface area contributed by atoms with Gasteiger partial charge in [0.05, 0.1) is 18.7 Å². The van der Waals surface area contributed by atoms with Gasteiger partial charge in [-0.1, -0.05) is 30.3 Å². The molecule has 0 bridgehead atoms. The van der Waals surface area contributed by atoms with E-state index in [1.807, 2.05) is 32.0 Å². The van der Waals surface area contributed by atoms with Gasteiger partial charge in [-0.25, -0.2) is 0 Å². The fourth-order valence-corrected chi connectivity index (χ4v) is 3.00. The molecule has 2 amide bonds. The number of esters is 1. The first-order valence-corrected chi connectivity index (χ1v) is 8.99. The van der Waals surface area contributed by atoms with Gasteiger partial charge >= 0.3 is 5.97 Å². The van der Waals surface area contributed by atoms with Crippen LogP contribution in [-0.4, -0.2) is 37.5 Å². The molecule has 2 aromatic rings. The highest BCUT2D eigenvalue weighted by molar-refractivity contribution is 6.00. The van der Waals surface area contributed by atoms with E-state index in [4.69, 9.17) is 9.47 Å². The molecule has 0 saturated heterocycles. The van der Waals surface area contributed by atoms with Crippen LogP contribution in [0, 0.1) is 13.8 Å². The number of anilines is 2. The van der Waals surface area contributed by atoms with E-state index < -0.39 is 18.5 Å². The molecule has 1 aliphatic heterocycles. The summed E-state index contributed by atoms with van der Waals surface area (Å²) >= 11 is 0. The van der Waals surface area contributed by atoms with Crippen molar-refractivity contribution in [2.45, 2.75) is 20.3 Å². The predicted molar refractivity (Wildman–Crippen MR) is 104 cm³/mol. The van der Waals surface area contributed by atoms with E-state index in [-0.39, 0.29) is 25.5 Å². The number of hydrogen-bond donors (Lipinski definition) is 1. The Kier molecular flexibility index (Phi) is 5.93. The molecule has 0 aliphatic carbocycles. The van der Waals surface area contributed by atoms with E-state index in [1.54, 1.807) is 24.3 Å². The standard InChI is InChI=1S/C21H22N2O5/c1-14-6-5-7-15(2)21(14)22-18(24)13-28-20(26)12-23-16-8-3-4-9-17(16)27-11-10-19(23)25/h3-9H,10-13H2,1-2H3,(H,22,24). The molecule has 3 rings (SSSR count). The zero-order valence-corrected chi connectivity index (χ0v) is 15.9. The van der Waals surface area contributed by atoms with Gasteiger partial charge in [0, 0.05) is 5.69 Å². The Morgan fingerprint density at radius 2 is 1.82 bits per heavy atom. The number of fused-ring (bicyclic) bond motifs is 1. The van der Waals surface area contributed by atoms with Gasteiger partial charge in [-0.2, -0.15) is 0 Å². The number of rotatable bonds is 5. The predicted octanol–water partition coefficient (Wildman–Crippen LogP) is 2.60. The zero-order valence-electron chi connectivity index (χ0n) is 15.9. The number of carbonyl (C=O) groups excluding carboxylic acids is 3. The molecule has 7 nitrogen and oxygen atoms in total. The highest BCUT2D eigenvalue weighted by Gasteiger charge is 2.25. The van der Waals surface area contributed by atoms with Gasteiger partial charge in [0.2, 0.25) is 5.91 Å². The molecule has 1 aliphatic rings. The second-order valence-electron chi connectivity index (χ2n) is 6.52. The minimum atomic E-state index is -0.665. The number of ether oxygens (including phenoxy) is 2. The van der Waals surface area contributed by atoms with Crippen LogP contribution >= 0.6 is 0 Å². The Balaban J connectivity index is 1.60. The average Bonchev–Trinajstić information content (AvgIpc) is 2.82. The van der Waals surface area contributed by atoms with E-state index in [9.17, 15) is 14.4 Å². The maximum Gasteiger partial charge on any atom is 0.326 e. The molecule has 0 radical (unpaired) electrons. The van der Waals surface area contributed by atoms with Crippen LogP contribution in [0.15, 0.2) is 42.5 Å². The van der Waals surface area contributed by atoms with Gasteiger partial charge in [0.25, 0.3) is 5.91 Å². The summed E-state index contributed by atoms with van der Waals surface area (Å²) < 4.78 is 10.6. The fraction of sp³-hybridized carbons (Fsp3) is 0.286. The summed E-state index contributed by atoms with van der Waals surface area (Å²) in [5.74, 6) is -0.797. The lowest BCUT2D eigenvalue weighted by Crippen LogP contribution is -2.37. The van der Waals surface area contributed by atoms with Crippen LogP contribution < -0.4 is 15.0 Å². The number of aryl methyl sites for hydroxylation is 2. The van der Waals surface area contributed by atoms with Gasteiger partial charge in [0.15, 0.2) is 6.61 Å². The van der Waals surface area contributed by atoms with E-state index in [0.717, 1.165) is 11.1 Å². The number of para-hydroxylation sites is 3. The van der Waals surface area contributed by atoms with Crippen molar-refractivity contribution in [1.29, 1.82) is 0 Å². The maximum absolute atomic E-state index is 12.3. The van der Waals surface area contributed by atoms with Crippen molar-refractivity contribution >= 4 is 29.2 Å². The molecule has 0 unspecified atom stereocenters. The number of hydrogen-bond acceptors (Lipinski definition) is 5. The molecule has 0 aromatic heterocycles. The van der Waals surface area contributed by atoms with Crippen LogP contribution in [0.25, 0.3) is 0 Å². The zero-order chi connectivity index (χ0) is 20.1. The monoisotopic (exact) mass is 382 g/mol. The van der Waals surface area contributed by atoms with E-state index >= 15 is 0 Å². The van der Waals surface area contributed by atoms with Gasteiger partial charge in [-0.15, -0.1) is 0 Å². The van der Waals surface area contributed by atoms with Crippen molar-refractivity contribution in [2.24, 2.45) is 0 Å². The average molecular weight is 382 g/mol. The van der Waals surface area contributed by atoms with E-state index in [2.05, 4.69) is 5.32 Å². The molecule has 7 heteroatoms. The number of benzene rings is 2. The molecule has 0 saturated carbocycles. The third kappa shape index (κ3) is 4.49. The topological polar surface area (TPSA) is 84.9 Å². The lowest BCUT2D eigenvalue weighted by atomic mass is 10.1. The first-order chi connectivity index (χ1) is 13.5. The van der Waals surface area contributed by atoms with Crippen molar-refractivity contribution in [3.8, 4) is 5.75 Å². The molecule has 0 atom stereocenters. The van der Waals surface area contributed by atoms with E-state index in [0.29, 0.717) is 17.1 Å². The molecule has 0 fully saturated rings. The third-order valence-electron chi connectivity index (χ3n) is 4.43. The van der Waals surface area contributed by atoms with Crippen LogP contribution in [0.2, 0.25) is 0 Å². The highest BCUT2D eigenvalue weighted by Crippen LogP contribution is 2.30. The van der Waals surface area contributed by atoms with Gasteiger partial charge in [-0.3, -0.25) is 19.3 Å². The van der Waals surface area contributed by atoms with Crippen molar-refractivity contribution in [3.05, 3.63) is 53.6 Å². The summed E-state index contributed by atoms with van der Waals surface area (Å²) in [6.07, 6.45) is 0.162. The maximum atomic E-state index is 12.3. The van der Waals surface area contributed by atoms with Gasteiger partial charge < -0.3 is 14.8 Å². The van der Waals surface area contributed by atoms with Crippen LogP contribution in [0.3, 0.4) is 0 Å². The first-order valence-electron chi connectivity index (χ1n) is 8.99. The lowest BCUT2D eigenvalue weighted by molar-refractivity contribution is -0.146. The number of nitrogens with zero attached hydrogens (tertiary/aromatic N) is 1. The Hall–Kier alpha value is -3.35. The molecule has 1 N–H and O–H groups in total. The van der Waals surface area contributed by atoms with Crippen molar-refractivity contribution in [2.75, 3.05) is 30.0 Å². The van der Waals surface area contributed by atoms with E-state index in [1.165, 1.54) is 4.90 Å². The number of amides is 2. The summed E-state index contributed by atoms with van der Waals surface area (Å²) in [6.45, 7) is 3.32. The fourth-order valence-electron chi connectivity index (χ4n) is 3.00. The lowest BCUT2D eigenvalue weighted by Gasteiger charge is -2.20. The summed E-state index contributed by atoms with van der Waals surface area (Å²) in [7, 11) is 0. The number of nitrogens with one attached hydrogen (secondary N) is 1. The Morgan fingerprint density at radius 1 is 1.11 bits per heavy atom. The SMILES string of the molecule is Cc1cccc(C)c1NC(=O)COC(=O)CN1C(=O)CCOc2ccccc21. The molecule has 2 aromatic carbocycles. The molecular weight excluding hydrogens is 360 g/mol. The minimum Gasteiger partial charge on any atom is -0.491 e. The summed E-state index contributed by atoms with van der Waals surface area (Å²) in [6, 6.07) is 12.7.